The monoisotopic (exact) mass is 368 g/mol. The molecule has 5 nitrogen and oxygen atoms in total. The summed E-state index contributed by atoms with van der Waals surface area (Å²) in [5.74, 6) is 1.48. The van der Waals surface area contributed by atoms with Gasteiger partial charge in [-0.1, -0.05) is 25.1 Å². The van der Waals surface area contributed by atoms with Crippen LogP contribution in [0, 0.1) is 0 Å². The summed E-state index contributed by atoms with van der Waals surface area (Å²) in [5, 5.41) is 4.00. The van der Waals surface area contributed by atoms with Gasteiger partial charge in [0.25, 0.3) is 0 Å². The van der Waals surface area contributed by atoms with Crippen LogP contribution in [0.15, 0.2) is 28.8 Å². The summed E-state index contributed by atoms with van der Waals surface area (Å²) in [6.07, 6.45) is -4.32. The quantitative estimate of drug-likeness (QED) is 0.813. The van der Waals surface area contributed by atoms with E-state index >= 15 is 0 Å². The molecule has 0 N–H and O–H groups in total. The highest BCUT2D eigenvalue weighted by atomic mass is 19.4. The topological polar surface area (TPSA) is 45.4 Å². The fraction of sp³-hybridized carbons (Fsp3) is 0.556. The Morgan fingerprint density at radius 2 is 1.77 bits per heavy atom. The highest BCUT2D eigenvalue weighted by molar-refractivity contribution is 5.49. The van der Waals surface area contributed by atoms with E-state index in [4.69, 9.17) is 4.52 Å². The van der Waals surface area contributed by atoms with Crippen molar-refractivity contribution in [3.05, 3.63) is 41.5 Å². The lowest BCUT2D eigenvalue weighted by atomic mass is 10.1. The van der Waals surface area contributed by atoms with Gasteiger partial charge >= 0.3 is 6.18 Å². The van der Waals surface area contributed by atoms with Gasteiger partial charge in [0.1, 0.15) is 0 Å². The van der Waals surface area contributed by atoms with E-state index in [0.717, 1.165) is 19.2 Å². The third kappa shape index (κ3) is 4.00. The fourth-order valence-corrected chi connectivity index (χ4v) is 3.05. The van der Waals surface area contributed by atoms with E-state index in [1.165, 1.54) is 12.1 Å². The first-order valence-electron chi connectivity index (χ1n) is 8.75. The van der Waals surface area contributed by atoms with Gasteiger partial charge in [-0.3, -0.25) is 4.90 Å². The van der Waals surface area contributed by atoms with Crippen molar-refractivity contribution >= 4 is 5.69 Å². The summed E-state index contributed by atoms with van der Waals surface area (Å²) >= 11 is 0. The molecule has 1 aliphatic rings. The summed E-state index contributed by atoms with van der Waals surface area (Å²) < 4.78 is 44.1. The van der Waals surface area contributed by atoms with Crippen molar-refractivity contribution in [2.75, 3.05) is 31.1 Å². The second kappa shape index (κ2) is 7.26. The van der Waals surface area contributed by atoms with Crippen molar-refractivity contribution in [1.29, 1.82) is 0 Å². The van der Waals surface area contributed by atoms with Gasteiger partial charge < -0.3 is 9.42 Å². The number of hydrogen-bond donors (Lipinski definition) is 0. The SMILES string of the molecule is CC(C)c1noc(C(C)N2CCN(c3cccc(C(F)(F)F)c3)CC2)n1. The molecule has 1 atom stereocenters. The molecule has 0 spiro atoms. The molecule has 1 aliphatic heterocycles. The average molecular weight is 368 g/mol. The normalized spacial score (nSPS) is 17.7. The molecule has 0 saturated carbocycles. The summed E-state index contributed by atoms with van der Waals surface area (Å²) in [6.45, 7) is 8.76. The van der Waals surface area contributed by atoms with Gasteiger partial charge in [0.2, 0.25) is 5.89 Å². The summed E-state index contributed by atoms with van der Waals surface area (Å²) in [6, 6.07) is 5.48. The smallest absolute Gasteiger partial charge is 0.369 e. The molecule has 1 aromatic carbocycles. The first kappa shape index (κ1) is 18.7. The Morgan fingerprint density at radius 1 is 1.08 bits per heavy atom. The number of benzene rings is 1. The van der Waals surface area contributed by atoms with E-state index in [2.05, 4.69) is 15.0 Å². The van der Waals surface area contributed by atoms with Crippen LogP contribution in [0.4, 0.5) is 18.9 Å². The van der Waals surface area contributed by atoms with Crippen LogP contribution in [0.2, 0.25) is 0 Å². The molecule has 0 amide bonds. The minimum absolute atomic E-state index is 0.0151. The molecule has 0 radical (unpaired) electrons. The maximum absolute atomic E-state index is 12.9. The third-order valence-electron chi connectivity index (χ3n) is 4.73. The van der Waals surface area contributed by atoms with Crippen LogP contribution in [0.1, 0.15) is 50.0 Å². The highest BCUT2D eigenvalue weighted by Crippen LogP contribution is 2.32. The molecule has 2 heterocycles. The largest absolute Gasteiger partial charge is 0.416 e. The summed E-state index contributed by atoms with van der Waals surface area (Å²) in [4.78, 5) is 8.63. The van der Waals surface area contributed by atoms with Crippen molar-refractivity contribution < 1.29 is 17.7 Å². The second-order valence-electron chi connectivity index (χ2n) is 6.89. The second-order valence-corrected chi connectivity index (χ2v) is 6.89. The number of halogens is 3. The molecule has 3 rings (SSSR count). The van der Waals surface area contributed by atoms with E-state index in [0.29, 0.717) is 30.5 Å². The van der Waals surface area contributed by atoms with Crippen molar-refractivity contribution in [2.24, 2.45) is 0 Å². The molecule has 8 heteroatoms. The molecular formula is C18H23F3N4O. The van der Waals surface area contributed by atoms with Crippen molar-refractivity contribution in [2.45, 2.75) is 38.9 Å². The highest BCUT2D eigenvalue weighted by Gasteiger charge is 2.31. The molecule has 1 saturated heterocycles. The number of nitrogens with zero attached hydrogens (tertiary/aromatic N) is 4. The van der Waals surface area contributed by atoms with Crippen LogP contribution in [0.3, 0.4) is 0 Å². The molecule has 26 heavy (non-hydrogen) atoms. The average Bonchev–Trinajstić information content (AvgIpc) is 3.11. The van der Waals surface area contributed by atoms with Crippen LogP contribution < -0.4 is 4.90 Å². The molecule has 0 bridgehead atoms. The first-order valence-corrected chi connectivity index (χ1v) is 8.75. The van der Waals surface area contributed by atoms with Gasteiger partial charge in [-0.25, -0.2) is 0 Å². The lowest BCUT2D eigenvalue weighted by molar-refractivity contribution is -0.137. The first-order chi connectivity index (χ1) is 12.3. The van der Waals surface area contributed by atoms with Gasteiger partial charge in [0.15, 0.2) is 5.82 Å². The van der Waals surface area contributed by atoms with Gasteiger partial charge in [-0.2, -0.15) is 18.2 Å². The number of alkyl halides is 3. The number of aromatic nitrogens is 2. The molecule has 2 aromatic rings. The van der Waals surface area contributed by atoms with E-state index in [1.54, 1.807) is 6.07 Å². The predicted octanol–water partition coefficient (Wildman–Crippen LogP) is 4.10. The lowest BCUT2D eigenvalue weighted by Crippen LogP contribution is -2.47. The van der Waals surface area contributed by atoms with E-state index in [-0.39, 0.29) is 12.0 Å². The minimum atomic E-state index is -4.32. The third-order valence-corrected chi connectivity index (χ3v) is 4.73. The summed E-state index contributed by atoms with van der Waals surface area (Å²) in [7, 11) is 0. The Hall–Kier alpha value is -2.09. The fourth-order valence-electron chi connectivity index (χ4n) is 3.05. The van der Waals surface area contributed by atoms with Gasteiger partial charge in [-0.05, 0) is 25.1 Å². The predicted molar refractivity (Wildman–Crippen MR) is 92.0 cm³/mol. The van der Waals surface area contributed by atoms with E-state index < -0.39 is 11.7 Å². The van der Waals surface area contributed by atoms with Gasteiger partial charge in [0, 0.05) is 37.8 Å². The Morgan fingerprint density at radius 3 is 2.35 bits per heavy atom. The van der Waals surface area contributed by atoms with Crippen molar-refractivity contribution in [1.82, 2.24) is 15.0 Å². The van der Waals surface area contributed by atoms with Crippen LogP contribution in [0.25, 0.3) is 0 Å². The number of hydrogen-bond acceptors (Lipinski definition) is 5. The zero-order valence-electron chi connectivity index (χ0n) is 15.1. The minimum Gasteiger partial charge on any atom is -0.369 e. The zero-order chi connectivity index (χ0) is 18.9. The summed E-state index contributed by atoms with van der Waals surface area (Å²) in [5.41, 5.74) is -0.00937. The number of piperazine rings is 1. The number of rotatable bonds is 4. The Balaban J connectivity index is 1.63. The Kier molecular flexibility index (Phi) is 5.22. The molecule has 1 unspecified atom stereocenters. The van der Waals surface area contributed by atoms with Crippen molar-refractivity contribution in [3.63, 3.8) is 0 Å². The Bertz CT molecular complexity index is 736. The number of anilines is 1. The van der Waals surface area contributed by atoms with Crippen molar-refractivity contribution in [3.8, 4) is 0 Å². The van der Waals surface area contributed by atoms with E-state index in [1.807, 2.05) is 25.7 Å². The standard InChI is InChI=1S/C18H23F3N4O/c1-12(2)16-22-17(26-23-16)13(3)24-7-9-25(10-8-24)15-6-4-5-14(11-15)18(19,20)21/h4-6,11-13H,7-10H2,1-3H3. The van der Waals surface area contributed by atoms with Crippen LogP contribution in [-0.2, 0) is 6.18 Å². The lowest BCUT2D eigenvalue weighted by Gasteiger charge is -2.38. The van der Waals surface area contributed by atoms with Gasteiger partial charge in [-0.15, -0.1) is 0 Å². The van der Waals surface area contributed by atoms with Crippen LogP contribution >= 0.6 is 0 Å². The maximum Gasteiger partial charge on any atom is 0.416 e. The molecule has 1 aromatic heterocycles. The molecule has 1 fully saturated rings. The van der Waals surface area contributed by atoms with Gasteiger partial charge in [0.05, 0.1) is 11.6 Å². The molecule has 0 aliphatic carbocycles. The maximum atomic E-state index is 12.9. The van der Waals surface area contributed by atoms with E-state index in [9.17, 15) is 13.2 Å². The molecular weight excluding hydrogens is 345 g/mol. The van der Waals surface area contributed by atoms with Crippen LogP contribution in [-0.4, -0.2) is 41.2 Å². The zero-order valence-corrected chi connectivity index (χ0v) is 15.1. The Labute approximate surface area is 150 Å². The van der Waals surface area contributed by atoms with Crippen LogP contribution in [0.5, 0.6) is 0 Å². The molecule has 142 valence electrons.